The van der Waals surface area contributed by atoms with E-state index < -0.39 is 9.85 Å². The van der Waals surface area contributed by atoms with Gasteiger partial charge in [-0.15, -0.1) is 0 Å². The van der Waals surface area contributed by atoms with Crippen molar-refractivity contribution < 1.29 is 14.6 Å². The van der Waals surface area contributed by atoms with E-state index in [0.29, 0.717) is 21.8 Å². The van der Waals surface area contributed by atoms with Gasteiger partial charge in [0.15, 0.2) is 0 Å². The van der Waals surface area contributed by atoms with E-state index in [0.717, 1.165) is 0 Å². The third kappa shape index (κ3) is 4.40. The minimum atomic E-state index is -0.439. The van der Waals surface area contributed by atoms with Crippen molar-refractivity contribution in [1.29, 1.82) is 0 Å². The molecule has 11 nitrogen and oxygen atoms in total. The molecule has 0 unspecified atom stereocenters. The maximum Gasteiger partial charge on any atom is 0.280 e. The maximum absolute atomic E-state index is 10.6. The molecule has 2 aromatic carbocycles. The summed E-state index contributed by atoms with van der Waals surface area (Å²) in [5.74, 6) is 0. The third-order valence-electron chi connectivity index (χ3n) is 3.45. The summed E-state index contributed by atoms with van der Waals surface area (Å²) in [6.07, 6.45) is 5.62. The lowest BCUT2D eigenvalue weighted by Gasteiger charge is -1.95. The highest BCUT2D eigenvalue weighted by molar-refractivity contribution is 5.87. The summed E-state index contributed by atoms with van der Waals surface area (Å²) in [4.78, 5) is 43.6. The lowest BCUT2D eigenvalue weighted by Crippen LogP contribution is -1.90. The first kappa shape index (κ1) is 19.9. The van der Waals surface area contributed by atoms with Crippen LogP contribution in [0.25, 0.3) is 21.8 Å². The van der Waals surface area contributed by atoms with Crippen LogP contribution in [0, 0.1) is 20.2 Å². The number of benzene rings is 2. The molecule has 4 rings (SSSR count). The van der Waals surface area contributed by atoms with Crippen LogP contribution in [0.5, 0.6) is 0 Å². The number of nitro groups is 2. The van der Waals surface area contributed by atoms with Crippen LogP contribution < -0.4 is 0 Å². The first-order valence-electron chi connectivity index (χ1n) is 7.53. The highest BCUT2D eigenvalue weighted by Crippen LogP contribution is 2.22. The number of carbonyl (C=O) groups excluding carboxylic acids is 1. The van der Waals surface area contributed by atoms with Gasteiger partial charge in [-0.2, -0.15) is 0 Å². The van der Waals surface area contributed by atoms with Crippen molar-refractivity contribution in [3.8, 4) is 0 Å². The standard InChI is InChI=1S/2C8H5N3O2.CH2O/c2*12-11(13)8-3-1-2-7-6(8)4-9-5-10-7;1-2/h2*1-5H;1H2. The van der Waals surface area contributed by atoms with Crippen LogP contribution in [0.1, 0.15) is 0 Å². The summed E-state index contributed by atoms with van der Waals surface area (Å²) in [5, 5.41) is 22.1. The van der Waals surface area contributed by atoms with E-state index in [1.54, 1.807) is 24.3 Å². The Morgan fingerprint density at radius 2 is 1.11 bits per heavy atom. The monoisotopic (exact) mass is 380 g/mol. The van der Waals surface area contributed by atoms with E-state index >= 15 is 0 Å². The Kier molecular flexibility index (Phi) is 6.64. The van der Waals surface area contributed by atoms with E-state index in [2.05, 4.69) is 19.9 Å². The minimum Gasteiger partial charge on any atom is -0.307 e. The number of nitrogens with zero attached hydrogens (tertiary/aromatic N) is 6. The molecule has 0 radical (unpaired) electrons. The second kappa shape index (κ2) is 9.33. The summed E-state index contributed by atoms with van der Waals surface area (Å²) in [7, 11) is 0. The van der Waals surface area contributed by atoms with Crippen LogP contribution in [0.4, 0.5) is 11.4 Å². The molecule has 0 aliphatic carbocycles. The number of rotatable bonds is 2. The van der Waals surface area contributed by atoms with Gasteiger partial charge in [0.05, 0.1) is 31.7 Å². The molecular formula is C17H12N6O5. The number of hydrogen-bond donors (Lipinski definition) is 0. The van der Waals surface area contributed by atoms with Gasteiger partial charge in [-0.25, -0.2) is 19.9 Å². The molecule has 4 aromatic rings. The molecule has 0 fully saturated rings. The van der Waals surface area contributed by atoms with Crippen molar-refractivity contribution in [1.82, 2.24) is 19.9 Å². The fraction of sp³-hybridized carbons (Fsp3) is 0. The van der Waals surface area contributed by atoms with Crippen molar-refractivity contribution >= 4 is 40.0 Å². The van der Waals surface area contributed by atoms with Gasteiger partial charge >= 0.3 is 0 Å². The Hall–Kier alpha value is -4.41. The molecule has 0 bridgehead atoms. The Bertz CT molecular complexity index is 1040. The lowest BCUT2D eigenvalue weighted by atomic mass is 10.2. The highest BCUT2D eigenvalue weighted by Gasteiger charge is 2.11. The number of non-ortho nitro benzene ring substituents is 2. The average molecular weight is 380 g/mol. The zero-order chi connectivity index (χ0) is 20.5. The highest BCUT2D eigenvalue weighted by atomic mass is 16.6. The second-order valence-electron chi connectivity index (χ2n) is 4.98. The van der Waals surface area contributed by atoms with Crippen molar-refractivity contribution in [2.24, 2.45) is 0 Å². The number of aromatic nitrogens is 4. The van der Waals surface area contributed by atoms with Crippen molar-refractivity contribution in [2.75, 3.05) is 0 Å². The molecule has 0 saturated heterocycles. The first-order chi connectivity index (χ1) is 13.6. The fourth-order valence-corrected chi connectivity index (χ4v) is 2.30. The zero-order valence-corrected chi connectivity index (χ0v) is 14.2. The molecular weight excluding hydrogens is 368 g/mol. The van der Waals surface area contributed by atoms with Gasteiger partial charge in [-0.3, -0.25) is 20.2 Å². The molecule has 2 aromatic heterocycles. The Morgan fingerprint density at radius 3 is 1.46 bits per heavy atom. The van der Waals surface area contributed by atoms with E-state index in [1.807, 2.05) is 6.79 Å². The van der Waals surface area contributed by atoms with Gasteiger partial charge < -0.3 is 4.79 Å². The zero-order valence-electron chi connectivity index (χ0n) is 14.2. The van der Waals surface area contributed by atoms with Crippen LogP contribution in [0.15, 0.2) is 61.4 Å². The molecule has 0 aliphatic rings. The number of carbonyl (C=O) groups is 1. The first-order valence-corrected chi connectivity index (χ1v) is 7.53. The normalized spacial score (nSPS) is 9.57. The molecule has 0 spiro atoms. The van der Waals surface area contributed by atoms with Crippen LogP contribution in [-0.4, -0.2) is 36.6 Å². The number of hydrogen-bond acceptors (Lipinski definition) is 9. The van der Waals surface area contributed by atoms with Crippen LogP contribution in [0.2, 0.25) is 0 Å². The smallest absolute Gasteiger partial charge is 0.280 e. The molecule has 2 heterocycles. The molecule has 11 heteroatoms. The Morgan fingerprint density at radius 1 is 0.714 bits per heavy atom. The molecule has 0 atom stereocenters. The van der Waals surface area contributed by atoms with E-state index in [9.17, 15) is 20.2 Å². The van der Waals surface area contributed by atoms with Crippen molar-refractivity contribution in [3.05, 3.63) is 81.7 Å². The van der Waals surface area contributed by atoms with Crippen LogP contribution in [-0.2, 0) is 4.79 Å². The molecule has 0 saturated carbocycles. The third-order valence-corrected chi connectivity index (χ3v) is 3.45. The molecule has 28 heavy (non-hydrogen) atoms. The van der Waals surface area contributed by atoms with E-state index in [-0.39, 0.29) is 11.4 Å². The molecule has 0 amide bonds. The second-order valence-corrected chi connectivity index (χ2v) is 4.98. The van der Waals surface area contributed by atoms with Gasteiger partial charge in [0.2, 0.25) is 0 Å². The Balaban J connectivity index is 0.000000184. The summed E-state index contributed by atoms with van der Waals surface area (Å²) in [6.45, 7) is 2.00. The predicted molar refractivity (Wildman–Crippen MR) is 99.5 cm³/mol. The molecule has 0 N–H and O–H groups in total. The molecule has 140 valence electrons. The maximum atomic E-state index is 10.6. The predicted octanol–water partition coefficient (Wildman–Crippen LogP) is 2.89. The van der Waals surface area contributed by atoms with Crippen molar-refractivity contribution in [3.63, 3.8) is 0 Å². The SMILES string of the molecule is C=O.O=[N+]([O-])c1cccc2ncncc12.O=[N+]([O-])c1cccc2ncncc12. The largest absolute Gasteiger partial charge is 0.307 e. The minimum absolute atomic E-state index is 0.0399. The van der Waals surface area contributed by atoms with Crippen molar-refractivity contribution in [2.45, 2.75) is 0 Å². The van der Waals surface area contributed by atoms with E-state index in [1.165, 1.54) is 37.2 Å². The number of nitro benzene ring substituents is 2. The van der Waals surface area contributed by atoms with Gasteiger partial charge in [0.25, 0.3) is 11.4 Å². The van der Waals surface area contributed by atoms with Crippen LogP contribution >= 0.6 is 0 Å². The van der Waals surface area contributed by atoms with E-state index in [4.69, 9.17) is 4.79 Å². The quantitative estimate of drug-likeness (QED) is 0.377. The number of fused-ring (bicyclic) bond motifs is 2. The van der Waals surface area contributed by atoms with Gasteiger partial charge in [0, 0.05) is 24.5 Å². The molecule has 0 aliphatic heterocycles. The fourth-order valence-electron chi connectivity index (χ4n) is 2.30. The summed E-state index contributed by atoms with van der Waals surface area (Å²) >= 11 is 0. The lowest BCUT2D eigenvalue weighted by molar-refractivity contribution is -0.383. The van der Waals surface area contributed by atoms with Gasteiger partial charge in [-0.1, -0.05) is 12.1 Å². The summed E-state index contributed by atoms with van der Waals surface area (Å²) in [6, 6.07) is 9.51. The Labute approximate surface area is 157 Å². The van der Waals surface area contributed by atoms with Gasteiger partial charge in [0.1, 0.15) is 19.4 Å². The van der Waals surface area contributed by atoms with Crippen LogP contribution in [0.3, 0.4) is 0 Å². The average Bonchev–Trinajstić information content (AvgIpc) is 2.74. The topological polar surface area (TPSA) is 155 Å². The summed E-state index contributed by atoms with van der Waals surface area (Å²) in [5.41, 5.74) is 1.25. The van der Waals surface area contributed by atoms with Gasteiger partial charge in [-0.05, 0) is 12.1 Å². The summed E-state index contributed by atoms with van der Waals surface area (Å²) < 4.78 is 0.